The van der Waals surface area contributed by atoms with Gasteiger partial charge in [-0.2, -0.15) is 0 Å². The average molecular weight is 407 g/mol. The Kier molecular flexibility index (Phi) is 4.38. The molecule has 134 valence electrons. The number of rotatable bonds is 3. The molecule has 2 aromatic carbocycles. The van der Waals surface area contributed by atoms with Crippen molar-refractivity contribution in [2.75, 3.05) is 21.9 Å². The fourth-order valence-electron chi connectivity index (χ4n) is 2.95. The molecule has 8 heteroatoms. The van der Waals surface area contributed by atoms with Crippen LogP contribution in [0.4, 0.5) is 11.4 Å². The van der Waals surface area contributed by atoms with Crippen molar-refractivity contribution in [2.45, 2.75) is 6.42 Å². The number of amides is 1. The second kappa shape index (κ2) is 6.57. The first-order valence-electron chi connectivity index (χ1n) is 8.03. The minimum absolute atomic E-state index is 0.182. The van der Waals surface area contributed by atoms with Crippen LogP contribution in [0.3, 0.4) is 0 Å². The average Bonchev–Trinajstić information content (AvgIpc) is 3.18. The Morgan fingerprint density at radius 3 is 2.58 bits per heavy atom. The van der Waals surface area contributed by atoms with Crippen LogP contribution in [0.1, 0.15) is 16.1 Å². The van der Waals surface area contributed by atoms with Crippen molar-refractivity contribution in [1.82, 2.24) is 0 Å². The Labute approximate surface area is 160 Å². The number of benzene rings is 2. The SMILES string of the molecule is O=C(Nc1ccc(N2CCCS2(=O)=O)cc1)c1cc2ccc(Cl)cc2s1. The van der Waals surface area contributed by atoms with Crippen molar-refractivity contribution in [1.29, 1.82) is 0 Å². The van der Waals surface area contributed by atoms with Gasteiger partial charge in [-0.05, 0) is 54.3 Å². The molecule has 0 saturated carbocycles. The Morgan fingerprint density at radius 1 is 1.12 bits per heavy atom. The smallest absolute Gasteiger partial charge is 0.265 e. The molecule has 1 amide bonds. The van der Waals surface area contributed by atoms with Gasteiger partial charge < -0.3 is 5.32 Å². The van der Waals surface area contributed by atoms with Gasteiger partial charge in [-0.3, -0.25) is 9.10 Å². The molecule has 0 spiro atoms. The van der Waals surface area contributed by atoms with Gasteiger partial charge in [-0.25, -0.2) is 8.42 Å². The van der Waals surface area contributed by atoms with Gasteiger partial charge >= 0.3 is 0 Å². The highest BCUT2D eigenvalue weighted by atomic mass is 35.5. The number of carbonyl (C=O) groups is 1. The largest absolute Gasteiger partial charge is 0.321 e. The first-order chi connectivity index (χ1) is 12.4. The molecule has 1 aliphatic rings. The minimum atomic E-state index is -3.20. The van der Waals surface area contributed by atoms with E-state index in [4.69, 9.17) is 11.6 Å². The molecular weight excluding hydrogens is 392 g/mol. The number of anilines is 2. The van der Waals surface area contributed by atoms with Crippen molar-refractivity contribution in [3.8, 4) is 0 Å². The van der Waals surface area contributed by atoms with Gasteiger partial charge in [0, 0.05) is 22.0 Å². The lowest BCUT2D eigenvalue weighted by molar-refractivity contribution is 0.103. The van der Waals surface area contributed by atoms with Gasteiger partial charge in [0.05, 0.1) is 16.3 Å². The van der Waals surface area contributed by atoms with Gasteiger partial charge in [0.15, 0.2) is 0 Å². The molecule has 4 rings (SSSR count). The highest BCUT2D eigenvalue weighted by Gasteiger charge is 2.28. The lowest BCUT2D eigenvalue weighted by atomic mass is 10.2. The molecule has 0 unspecified atom stereocenters. The molecule has 1 fully saturated rings. The van der Waals surface area contributed by atoms with E-state index in [1.165, 1.54) is 15.6 Å². The maximum atomic E-state index is 12.5. The first-order valence-corrected chi connectivity index (χ1v) is 10.8. The van der Waals surface area contributed by atoms with Crippen LogP contribution >= 0.6 is 22.9 Å². The van der Waals surface area contributed by atoms with E-state index in [0.717, 1.165) is 10.1 Å². The lowest BCUT2D eigenvalue weighted by Gasteiger charge is -2.17. The van der Waals surface area contributed by atoms with E-state index in [0.29, 0.717) is 34.2 Å². The number of carbonyl (C=O) groups excluding carboxylic acids is 1. The summed E-state index contributed by atoms with van der Waals surface area (Å²) in [4.78, 5) is 13.1. The number of hydrogen-bond acceptors (Lipinski definition) is 4. The van der Waals surface area contributed by atoms with E-state index in [1.807, 2.05) is 18.2 Å². The van der Waals surface area contributed by atoms with Crippen LogP contribution in [0.25, 0.3) is 10.1 Å². The number of thiophene rings is 1. The second-order valence-corrected chi connectivity index (χ2v) is 9.57. The van der Waals surface area contributed by atoms with E-state index in [9.17, 15) is 13.2 Å². The molecular formula is C18H15ClN2O3S2. The zero-order valence-electron chi connectivity index (χ0n) is 13.6. The van der Waals surface area contributed by atoms with Crippen molar-refractivity contribution >= 4 is 60.3 Å². The third-order valence-electron chi connectivity index (χ3n) is 4.22. The standard InChI is InChI=1S/C18H15ClN2O3S2/c19-13-3-2-12-10-17(25-16(12)11-13)18(22)20-14-4-6-15(7-5-14)21-8-1-9-26(21,23)24/h2-7,10-11H,1,8-9H2,(H,20,22). The maximum Gasteiger partial charge on any atom is 0.265 e. The molecule has 2 heterocycles. The number of nitrogens with zero attached hydrogens (tertiary/aromatic N) is 1. The van der Waals surface area contributed by atoms with Crippen LogP contribution in [0, 0.1) is 0 Å². The van der Waals surface area contributed by atoms with Crippen LogP contribution in [0.2, 0.25) is 5.02 Å². The molecule has 5 nitrogen and oxygen atoms in total. The van der Waals surface area contributed by atoms with Crippen LogP contribution in [-0.4, -0.2) is 26.6 Å². The third kappa shape index (κ3) is 3.30. The van der Waals surface area contributed by atoms with Gasteiger partial charge in [0.2, 0.25) is 10.0 Å². The number of sulfonamides is 1. The molecule has 3 aromatic rings. The third-order valence-corrected chi connectivity index (χ3v) is 7.42. The number of fused-ring (bicyclic) bond motifs is 1. The molecule has 1 aliphatic heterocycles. The van der Waals surface area contributed by atoms with Gasteiger partial charge in [0.1, 0.15) is 0 Å². The quantitative estimate of drug-likeness (QED) is 0.703. The maximum absolute atomic E-state index is 12.5. The highest BCUT2D eigenvalue weighted by molar-refractivity contribution is 7.93. The zero-order valence-corrected chi connectivity index (χ0v) is 16.0. The summed E-state index contributed by atoms with van der Waals surface area (Å²) in [6.45, 7) is 0.498. The Morgan fingerprint density at radius 2 is 1.88 bits per heavy atom. The van der Waals surface area contributed by atoms with Crippen LogP contribution in [0.15, 0.2) is 48.5 Å². The highest BCUT2D eigenvalue weighted by Crippen LogP contribution is 2.29. The predicted molar refractivity (Wildman–Crippen MR) is 107 cm³/mol. The van der Waals surface area contributed by atoms with Gasteiger partial charge in [-0.1, -0.05) is 17.7 Å². The predicted octanol–water partition coefficient (Wildman–Crippen LogP) is 4.35. The Bertz CT molecular complexity index is 1090. The monoisotopic (exact) mass is 406 g/mol. The molecule has 0 radical (unpaired) electrons. The number of nitrogens with one attached hydrogen (secondary N) is 1. The summed E-state index contributed by atoms with van der Waals surface area (Å²) < 4.78 is 26.3. The van der Waals surface area contributed by atoms with E-state index in [2.05, 4.69) is 5.32 Å². The molecule has 0 aliphatic carbocycles. The fourth-order valence-corrected chi connectivity index (χ4v) is 5.75. The zero-order chi connectivity index (χ0) is 18.3. The normalized spacial score (nSPS) is 16.1. The van der Waals surface area contributed by atoms with E-state index < -0.39 is 10.0 Å². The minimum Gasteiger partial charge on any atom is -0.321 e. The molecule has 0 atom stereocenters. The number of halogens is 1. The lowest BCUT2D eigenvalue weighted by Crippen LogP contribution is -2.24. The fraction of sp³-hybridized carbons (Fsp3) is 0.167. The van der Waals surface area contributed by atoms with Crippen molar-refractivity contribution in [3.05, 3.63) is 58.4 Å². The van der Waals surface area contributed by atoms with E-state index in [-0.39, 0.29) is 11.7 Å². The van der Waals surface area contributed by atoms with Crippen molar-refractivity contribution in [3.63, 3.8) is 0 Å². The Hall–Kier alpha value is -2.09. The molecule has 1 aromatic heterocycles. The summed E-state index contributed by atoms with van der Waals surface area (Å²) in [6, 6.07) is 14.2. The van der Waals surface area contributed by atoms with E-state index in [1.54, 1.807) is 30.3 Å². The summed E-state index contributed by atoms with van der Waals surface area (Å²) in [5.41, 5.74) is 1.24. The molecule has 0 bridgehead atoms. The van der Waals surface area contributed by atoms with Crippen molar-refractivity contribution < 1.29 is 13.2 Å². The first kappa shape index (κ1) is 17.3. The van der Waals surface area contributed by atoms with Crippen LogP contribution in [-0.2, 0) is 10.0 Å². The second-order valence-electron chi connectivity index (χ2n) is 6.04. The van der Waals surface area contributed by atoms with Crippen LogP contribution < -0.4 is 9.62 Å². The Balaban J connectivity index is 1.52. The van der Waals surface area contributed by atoms with E-state index >= 15 is 0 Å². The summed E-state index contributed by atoms with van der Waals surface area (Å²) in [5, 5.41) is 4.45. The van der Waals surface area contributed by atoms with Gasteiger partial charge in [0.25, 0.3) is 5.91 Å². The topological polar surface area (TPSA) is 66.5 Å². The van der Waals surface area contributed by atoms with Crippen molar-refractivity contribution in [2.24, 2.45) is 0 Å². The summed E-state index contributed by atoms with van der Waals surface area (Å²) in [7, 11) is -3.20. The van der Waals surface area contributed by atoms with Gasteiger partial charge in [-0.15, -0.1) is 11.3 Å². The summed E-state index contributed by atoms with van der Waals surface area (Å²) in [6.07, 6.45) is 0.636. The number of hydrogen-bond donors (Lipinski definition) is 1. The molecule has 1 saturated heterocycles. The molecule has 1 N–H and O–H groups in total. The summed E-state index contributed by atoms with van der Waals surface area (Å²) in [5.74, 6) is -0.0228. The summed E-state index contributed by atoms with van der Waals surface area (Å²) >= 11 is 7.36. The van der Waals surface area contributed by atoms with Crippen LogP contribution in [0.5, 0.6) is 0 Å². The molecule has 26 heavy (non-hydrogen) atoms.